The van der Waals surface area contributed by atoms with Crippen molar-refractivity contribution in [2.75, 3.05) is 11.9 Å². The number of hydrogen-bond acceptors (Lipinski definition) is 4. The van der Waals surface area contributed by atoms with Gasteiger partial charge in [0.05, 0.1) is 6.42 Å². The molecule has 2 heterocycles. The molecular weight excluding hydrogens is 235 g/mol. The van der Waals surface area contributed by atoms with E-state index in [1.165, 1.54) is 10.8 Å². The van der Waals surface area contributed by atoms with E-state index >= 15 is 0 Å². The van der Waals surface area contributed by atoms with Crippen LogP contribution < -0.4 is 5.32 Å². The van der Waals surface area contributed by atoms with Gasteiger partial charge in [0.25, 0.3) is 5.78 Å². The summed E-state index contributed by atoms with van der Waals surface area (Å²) in [6.45, 7) is 1.53. The molecule has 0 aliphatic carbocycles. The zero-order chi connectivity index (χ0) is 12.5. The van der Waals surface area contributed by atoms with Crippen molar-refractivity contribution >= 4 is 11.6 Å². The molecule has 0 spiro atoms. The highest BCUT2D eigenvalue weighted by Crippen LogP contribution is 2.19. The summed E-state index contributed by atoms with van der Waals surface area (Å²) < 4.78 is 37.4. The molecular formula is C9H10F3N5. The van der Waals surface area contributed by atoms with E-state index in [1.54, 1.807) is 13.0 Å². The van der Waals surface area contributed by atoms with Crippen molar-refractivity contribution in [3.8, 4) is 0 Å². The summed E-state index contributed by atoms with van der Waals surface area (Å²) in [6.07, 6.45) is -3.77. The topological polar surface area (TPSA) is 55.1 Å². The van der Waals surface area contributed by atoms with Gasteiger partial charge in [-0.2, -0.15) is 27.8 Å². The second-order valence-electron chi connectivity index (χ2n) is 3.55. The number of rotatable bonds is 3. The number of aromatic nitrogens is 4. The third-order valence-electron chi connectivity index (χ3n) is 2.09. The lowest BCUT2D eigenvalue weighted by Crippen LogP contribution is -2.16. The minimum atomic E-state index is -4.17. The summed E-state index contributed by atoms with van der Waals surface area (Å²) in [6, 6.07) is 1.62. The van der Waals surface area contributed by atoms with Gasteiger partial charge in [-0.3, -0.25) is 0 Å². The molecule has 0 bridgehead atoms. The van der Waals surface area contributed by atoms with E-state index in [1.807, 2.05) is 0 Å². The number of aryl methyl sites for hydroxylation is 1. The van der Waals surface area contributed by atoms with Gasteiger partial charge in [-0.25, -0.2) is 4.98 Å². The summed E-state index contributed by atoms with van der Waals surface area (Å²) in [5.74, 6) is 0.814. The summed E-state index contributed by atoms with van der Waals surface area (Å²) in [5.41, 5.74) is 0.667. The molecule has 0 aliphatic rings. The molecule has 2 aromatic heterocycles. The monoisotopic (exact) mass is 245 g/mol. The third-order valence-corrected chi connectivity index (χ3v) is 2.09. The Bertz CT molecular complexity index is 519. The summed E-state index contributed by atoms with van der Waals surface area (Å²) >= 11 is 0. The Morgan fingerprint density at radius 1 is 1.41 bits per heavy atom. The summed E-state index contributed by atoms with van der Waals surface area (Å²) in [5, 5.41) is 6.55. The molecule has 0 fully saturated rings. The van der Waals surface area contributed by atoms with Crippen LogP contribution in [0.5, 0.6) is 0 Å². The van der Waals surface area contributed by atoms with Crippen LogP contribution >= 0.6 is 0 Å². The van der Waals surface area contributed by atoms with Gasteiger partial charge in [-0.05, 0) is 6.92 Å². The lowest BCUT2D eigenvalue weighted by atomic mass is 10.4. The molecule has 0 atom stereocenters. The maximum Gasteiger partial charge on any atom is 0.390 e. The molecule has 2 rings (SSSR count). The van der Waals surface area contributed by atoms with Crippen molar-refractivity contribution in [2.24, 2.45) is 0 Å². The zero-order valence-electron chi connectivity index (χ0n) is 8.99. The number of fused-ring (bicyclic) bond motifs is 1. The number of nitrogens with zero attached hydrogens (tertiary/aromatic N) is 4. The van der Waals surface area contributed by atoms with Crippen molar-refractivity contribution in [3.63, 3.8) is 0 Å². The first-order chi connectivity index (χ1) is 7.96. The van der Waals surface area contributed by atoms with Gasteiger partial charge < -0.3 is 5.32 Å². The predicted molar refractivity (Wildman–Crippen MR) is 54.7 cm³/mol. The molecule has 8 heteroatoms. The second-order valence-corrected chi connectivity index (χ2v) is 3.55. The molecule has 0 radical (unpaired) electrons. The zero-order valence-corrected chi connectivity index (χ0v) is 8.99. The molecule has 0 saturated carbocycles. The number of halogens is 3. The molecule has 0 amide bonds. The van der Waals surface area contributed by atoms with Crippen molar-refractivity contribution in [1.82, 2.24) is 19.6 Å². The number of hydrogen-bond donors (Lipinski definition) is 1. The fourth-order valence-electron chi connectivity index (χ4n) is 1.39. The Hall–Kier alpha value is -1.86. The van der Waals surface area contributed by atoms with E-state index in [0.29, 0.717) is 17.3 Å². The lowest BCUT2D eigenvalue weighted by Gasteiger charge is -2.10. The lowest BCUT2D eigenvalue weighted by molar-refractivity contribution is -0.131. The standard InChI is InChI=1S/C9H10F3N5/c1-6-4-7(13-3-2-9(10,11)12)17-8(16-6)14-5-15-17/h4-5,13H,2-3H2,1H3. The number of anilines is 1. The van der Waals surface area contributed by atoms with Gasteiger partial charge in [0, 0.05) is 18.3 Å². The van der Waals surface area contributed by atoms with E-state index in [0.717, 1.165) is 0 Å². The Morgan fingerprint density at radius 3 is 2.88 bits per heavy atom. The molecule has 5 nitrogen and oxygen atoms in total. The molecule has 2 aromatic rings. The fraction of sp³-hybridized carbons (Fsp3) is 0.444. The Labute approximate surface area is 94.7 Å². The largest absolute Gasteiger partial charge is 0.390 e. The van der Waals surface area contributed by atoms with Crippen molar-refractivity contribution in [1.29, 1.82) is 0 Å². The van der Waals surface area contributed by atoms with Crippen LogP contribution in [-0.2, 0) is 0 Å². The van der Waals surface area contributed by atoms with Gasteiger partial charge >= 0.3 is 6.18 Å². The van der Waals surface area contributed by atoms with Crippen molar-refractivity contribution in [2.45, 2.75) is 19.5 Å². The van der Waals surface area contributed by atoms with Crippen molar-refractivity contribution in [3.05, 3.63) is 18.1 Å². The van der Waals surface area contributed by atoms with Crippen molar-refractivity contribution < 1.29 is 13.2 Å². The first-order valence-corrected chi connectivity index (χ1v) is 4.94. The molecule has 17 heavy (non-hydrogen) atoms. The van der Waals surface area contributed by atoms with Crippen LogP contribution in [-0.4, -0.2) is 32.3 Å². The maximum absolute atomic E-state index is 12.0. The third kappa shape index (κ3) is 2.83. The smallest absolute Gasteiger partial charge is 0.370 e. The van der Waals surface area contributed by atoms with Crippen LogP contribution in [0.4, 0.5) is 19.0 Å². The van der Waals surface area contributed by atoms with Gasteiger partial charge in [-0.15, -0.1) is 0 Å². The van der Waals surface area contributed by atoms with E-state index in [9.17, 15) is 13.2 Å². The van der Waals surface area contributed by atoms with E-state index in [-0.39, 0.29) is 6.54 Å². The highest BCUT2D eigenvalue weighted by molar-refractivity contribution is 5.44. The van der Waals surface area contributed by atoms with Crippen LogP contribution in [0.1, 0.15) is 12.1 Å². The number of nitrogens with one attached hydrogen (secondary N) is 1. The first kappa shape index (κ1) is 11.6. The fourth-order valence-corrected chi connectivity index (χ4v) is 1.39. The molecule has 0 unspecified atom stereocenters. The van der Waals surface area contributed by atoms with Crippen LogP contribution in [0.15, 0.2) is 12.4 Å². The van der Waals surface area contributed by atoms with Crippen LogP contribution in [0.3, 0.4) is 0 Å². The molecule has 92 valence electrons. The Balaban J connectivity index is 2.15. The summed E-state index contributed by atoms with van der Waals surface area (Å²) in [7, 11) is 0. The Morgan fingerprint density at radius 2 is 2.18 bits per heavy atom. The van der Waals surface area contributed by atoms with E-state index < -0.39 is 12.6 Å². The quantitative estimate of drug-likeness (QED) is 0.895. The van der Waals surface area contributed by atoms with Gasteiger partial charge in [0.2, 0.25) is 0 Å². The normalized spacial score (nSPS) is 12.0. The first-order valence-electron chi connectivity index (χ1n) is 4.94. The average Bonchev–Trinajstić information content (AvgIpc) is 2.63. The highest BCUT2D eigenvalue weighted by Gasteiger charge is 2.26. The van der Waals surface area contributed by atoms with E-state index in [2.05, 4.69) is 20.4 Å². The molecule has 0 aromatic carbocycles. The van der Waals surface area contributed by atoms with E-state index in [4.69, 9.17) is 0 Å². The molecule has 0 saturated heterocycles. The van der Waals surface area contributed by atoms with Crippen LogP contribution in [0, 0.1) is 6.92 Å². The molecule has 0 aliphatic heterocycles. The van der Waals surface area contributed by atoms with Gasteiger partial charge in [0.15, 0.2) is 0 Å². The second kappa shape index (κ2) is 4.19. The Kier molecular flexibility index (Phi) is 2.86. The van der Waals surface area contributed by atoms with Gasteiger partial charge in [-0.1, -0.05) is 0 Å². The van der Waals surface area contributed by atoms with Gasteiger partial charge in [0.1, 0.15) is 12.1 Å². The predicted octanol–water partition coefficient (Wildman–Crippen LogP) is 1.80. The van der Waals surface area contributed by atoms with Crippen LogP contribution in [0.25, 0.3) is 5.78 Å². The number of alkyl halides is 3. The highest BCUT2D eigenvalue weighted by atomic mass is 19.4. The average molecular weight is 245 g/mol. The van der Waals surface area contributed by atoms with Crippen LogP contribution in [0.2, 0.25) is 0 Å². The summed E-state index contributed by atoms with van der Waals surface area (Å²) in [4.78, 5) is 7.96. The SMILES string of the molecule is Cc1cc(NCCC(F)(F)F)n2ncnc2n1. The maximum atomic E-state index is 12.0. The minimum absolute atomic E-state index is 0.206. The minimum Gasteiger partial charge on any atom is -0.370 e. The molecule has 1 N–H and O–H groups in total.